The smallest absolute Gasteiger partial charge is 0.226 e. The highest BCUT2D eigenvalue weighted by molar-refractivity contribution is 5.79. The van der Waals surface area contributed by atoms with Gasteiger partial charge in [-0.1, -0.05) is 18.2 Å². The van der Waals surface area contributed by atoms with Gasteiger partial charge in [0.05, 0.1) is 5.69 Å². The van der Waals surface area contributed by atoms with Crippen molar-refractivity contribution in [2.45, 2.75) is 12.8 Å². The van der Waals surface area contributed by atoms with Crippen LogP contribution >= 0.6 is 0 Å². The Bertz CT molecular complexity index is 922. The molecule has 5 nitrogen and oxygen atoms in total. The van der Waals surface area contributed by atoms with E-state index in [-0.39, 0.29) is 11.6 Å². The van der Waals surface area contributed by atoms with Crippen LogP contribution in [0, 0.1) is 11.6 Å². The molecule has 0 aliphatic carbocycles. The molecule has 0 aliphatic heterocycles. The van der Waals surface area contributed by atoms with Gasteiger partial charge in [0.1, 0.15) is 17.9 Å². The van der Waals surface area contributed by atoms with Crippen molar-refractivity contribution in [3.8, 4) is 11.5 Å². The molecule has 0 aliphatic rings. The average molecular weight is 384 g/mol. The Kier molecular flexibility index (Phi) is 6.73. The molecular weight excluding hydrogens is 362 g/mol. The van der Waals surface area contributed by atoms with E-state index in [1.54, 1.807) is 37.6 Å². The number of hydrogen-bond donors (Lipinski definition) is 2. The fourth-order valence-electron chi connectivity index (χ4n) is 2.69. The van der Waals surface area contributed by atoms with E-state index in [2.05, 4.69) is 20.6 Å². The molecule has 0 unspecified atom stereocenters. The zero-order valence-electron chi connectivity index (χ0n) is 15.6. The molecule has 0 saturated carbocycles. The molecule has 2 aromatic carbocycles. The van der Waals surface area contributed by atoms with Gasteiger partial charge >= 0.3 is 0 Å². The molecule has 3 aromatic rings. The lowest BCUT2D eigenvalue weighted by Gasteiger charge is -2.11. The number of benzene rings is 2. The van der Waals surface area contributed by atoms with Crippen molar-refractivity contribution in [1.29, 1.82) is 0 Å². The molecule has 0 amide bonds. The Balaban J connectivity index is 1.43. The molecule has 1 aromatic heterocycles. The third-order valence-electron chi connectivity index (χ3n) is 4.18. The van der Waals surface area contributed by atoms with Crippen molar-refractivity contribution in [3.05, 3.63) is 77.7 Å². The summed E-state index contributed by atoms with van der Waals surface area (Å²) in [5, 5.41) is 6.35. The zero-order valence-corrected chi connectivity index (χ0v) is 15.6. The topological polar surface area (TPSA) is 62.5 Å². The second-order valence-electron chi connectivity index (χ2n) is 6.17. The van der Waals surface area contributed by atoms with Gasteiger partial charge in [0.25, 0.3) is 0 Å². The summed E-state index contributed by atoms with van der Waals surface area (Å²) in [4.78, 5) is 8.57. The molecule has 0 atom stereocenters. The number of aromatic nitrogens is 1. The first-order valence-electron chi connectivity index (χ1n) is 9.04. The molecule has 7 heteroatoms. The van der Waals surface area contributed by atoms with Crippen LogP contribution in [0.5, 0.6) is 0 Å². The van der Waals surface area contributed by atoms with Gasteiger partial charge in [-0.2, -0.15) is 0 Å². The van der Waals surface area contributed by atoms with Crippen molar-refractivity contribution >= 4 is 5.96 Å². The van der Waals surface area contributed by atoms with Crippen LogP contribution in [0.4, 0.5) is 8.78 Å². The predicted molar refractivity (Wildman–Crippen MR) is 105 cm³/mol. The summed E-state index contributed by atoms with van der Waals surface area (Å²) in [7, 11) is 1.68. The van der Waals surface area contributed by atoms with Crippen LogP contribution in [0.1, 0.15) is 11.3 Å². The number of hydrogen-bond acceptors (Lipinski definition) is 3. The highest BCUT2D eigenvalue weighted by atomic mass is 19.1. The number of nitrogens with zero attached hydrogens (tertiary/aromatic N) is 2. The fourth-order valence-corrected chi connectivity index (χ4v) is 2.69. The molecule has 3 rings (SSSR count). The summed E-state index contributed by atoms with van der Waals surface area (Å²) in [5.41, 5.74) is 2.18. The van der Waals surface area contributed by atoms with Crippen LogP contribution in [-0.4, -0.2) is 31.1 Å². The minimum atomic E-state index is -0.298. The highest BCUT2D eigenvalue weighted by Gasteiger charge is 2.07. The zero-order chi connectivity index (χ0) is 19.8. The van der Waals surface area contributed by atoms with Crippen molar-refractivity contribution in [2.75, 3.05) is 20.1 Å². The summed E-state index contributed by atoms with van der Waals surface area (Å²) < 4.78 is 32.1. The number of aliphatic imine (C=N–C) groups is 1. The molecule has 0 fully saturated rings. The first-order valence-corrected chi connectivity index (χ1v) is 9.04. The number of halogens is 2. The molecule has 0 saturated heterocycles. The van der Waals surface area contributed by atoms with Crippen molar-refractivity contribution in [3.63, 3.8) is 0 Å². The van der Waals surface area contributed by atoms with E-state index in [1.807, 2.05) is 6.07 Å². The largest absolute Gasteiger partial charge is 0.444 e. The maximum absolute atomic E-state index is 13.6. The standard InChI is InChI=1S/C21H22F2N4O/c1-24-21(25-12-10-15-4-2-3-5-19(15)23)26-13-11-18-14-28-20(27-18)16-6-8-17(22)9-7-16/h2-9,14H,10-13H2,1H3,(H2,24,25,26). The van der Waals surface area contributed by atoms with Gasteiger partial charge in [0.15, 0.2) is 5.96 Å². The second-order valence-corrected chi connectivity index (χ2v) is 6.17. The van der Waals surface area contributed by atoms with Crippen LogP contribution < -0.4 is 10.6 Å². The van der Waals surface area contributed by atoms with Crippen LogP contribution in [0.2, 0.25) is 0 Å². The molecule has 0 bridgehead atoms. The van der Waals surface area contributed by atoms with Gasteiger partial charge in [-0.05, 0) is 42.3 Å². The van der Waals surface area contributed by atoms with Gasteiger partial charge in [-0.3, -0.25) is 4.99 Å². The minimum absolute atomic E-state index is 0.199. The van der Waals surface area contributed by atoms with Crippen LogP contribution in [0.25, 0.3) is 11.5 Å². The first kappa shape index (κ1) is 19.5. The molecule has 0 spiro atoms. The maximum atomic E-state index is 13.6. The van der Waals surface area contributed by atoms with E-state index in [0.29, 0.717) is 43.3 Å². The van der Waals surface area contributed by atoms with E-state index in [4.69, 9.17) is 4.42 Å². The highest BCUT2D eigenvalue weighted by Crippen LogP contribution is 2.18. The number of rotatable bonds is 7. The third-order valence-corrected chi connectivity index (χ3v) is 4.18. The molecular formula is C21H22F2N4O. The lowest BCUT2D eigenvalue weighted by Crippen LogP contribution is -2.39. The quantitative estimate of drug-likeness (QED) is 0.483. The van der Waals surface area contributed by atoms with Gasteiger partial charge in [-0.25, -0.2) is 13.8 Å². The maximum Gasteiger partial charge on any atom is 0.226 e. The lowest BCUT2D eigenvalue weighted by molar-refractivity contribution is 0.571. The van der Waals surface area contributed by atoms with Crippen LogP contribution in [0.15, 0.2) is 64.2 Å². The fraction of sp³-hybridized carbons (Fsp3) is 0.238. The Labute approximate surface area is 162 Å². The SMILES string of the molecule is CN=C(NCCc1coc(-c2ccc(F)cc2)n1)NCCc1ccccc1F. The van der Waals surface area contributed by atoms with Gasteiger partial charge < -0.3 is 15.1 Å². The Morgan fingerprint density at radius 3 is 2.43 bits per heavy atom. The van der Waals surface area contributed by atoms with E-state index < -0.39 is 0 Å². The number of guanidine groups is 1. The second kappa shape index (κ2) is 9.64. The van der Waals surface area contributed by atoms with Gasteiger partial charge in [-0.15, -0.1) is 0 Å². The van der Waals surface area contributed by atoms with Crippen LogP contribution in [0.3, 0.4) is 0 Å². The Morgan fingerprint density at radius 1 is 1.00 bits per heavy atom. The summed E-state index contributed by atoms with van der Waals surface area (Å²) in [6.07, 6.45) is 2.80. The van der Waals surface area contributed by atoms with E-state index in [0.717, 1.165) is 11.3 Å². The van der Waals surface area contributed by atoms with Gasteiger partial charge in [0.2, 0.25) is 5.89 Å². The van der Waals surface area contributed by atoms with E-state index >= 15 is 0 Å². The molecule has 146 valence electrons. The monoisotopic (exact) mass is 384 g/mol. The number of oxazole rings is 1. The van der Waals surface area contributed by atoms with Gasteiger partial charge in [0, 0.05) is 32.1 Å². The molecule has 28 heavy (non-hydrogen) atoms. The Morgan fingerprint density at radius 2 is 1.71 bits per heavy atom. The third kappa shape index (κ3) is 5.39. The van der Waals surface area contributed by atoms with Crippen molar-refractivity contribution < 1.29 is 13.2 Å². The summed E-state index contributed by atoms with van der Waals surface area (Å²) in [5.74, 6) is 0.602. The average Bonchev–Trinajstić information content (AvgIpc) is 3.17. The first-order chi connectivity index (χ1) is 13.7. The lowest BCUT2D eigenvalue weighted by atomic mass is 10.1. The molecule has 0 radical (unpaired) electrons. The van der Waals surface area contributed by atoms with Crippen molar-refractivity contribution in [2.24, 2.45) is 4.99 Å². The summed E-state index contributed by atoms with van der Waals surface area (Å²) in [6.45, 7) is 1.17. The van der Waals surface area contributed by atoms with Crippen molar-refractivity contribution in [1.82, 2.24) is 15.6 Å². The van der Waals surface area contributed by atoms with Crippen LogP contribution in [-0.2, 0) is 12.8 Å². The normalized spacial score (nSPS) is 11.5. The summed E-state index contributed by atoms with van der Waals surface area (Å²) in [6, 6.07) is 12.7. The van der Waals surface area contributed by atoms with E-state index in [9.17, 15) is 8.78 Å². The molecule has 2 N–H and O–H groups in total. The molecule has 1 heterocycles. The Hall–Kier alpha value is -3.22. The number of nitrogens with one attached hydrogen (secondary N) is 2. The summed E-state index contributed by atoms with van der Waals surface area (Å²) >= 11 is 0. The minimum Gasteiger partial charge on any atom is -0.444 e. The predicted octanol–water partition coefficient (Wildman–Crippen LogP) is 3.57. The van der Waals surface area contributed by atoms with E-state index in [1.165, 1.54) is 18.2 Å².